The maximum absolute atomic E-state index is 10.7. The van der Waals surface area contributed by atoms with Crippen LogP contribution in [0.4, 0.5) is 0 Å². The summed E-state index contributed by atoms with van der Waals surface area (Å²) in [4.78, 5) is 21.4. The second kappa shape index (κ2) is 1.29. The Bertz CT molecular complexity index is 455. The van der Waals surface area contributed by atoms with E-state index in [0.717, 1.165) is 12.1 Å². The van der Waals surface area contributed by atoms with Crippen molar-refractivity contribution >= 4 is 0 Å². The minimum Gasteiger partial charge on any atom is -0.427 e. The lowest BCUT2D eigenvalue weighted by Crippen LogP contribution is -2.02. The third-order valence-corrected chi connectivity index (χ3v) is 1.45. The fraction of sp³-hybridized carbons (Fsp3) is 0. The van der Waals surface area contributed by atoms with Crippen LogP contribution in [0.15, 0.2) is 21.7 Å². The lowest BCUT2D eigenvalue weighted by atomic mass is 10.4. The molecule has 4 nitrogen and oxygen atoms in total. The molecule has 1 heterocycles. The molecule has 0 radical (unpaired) electrons. The lowest BCUT2D eigenvalue weighted by molar-refractivity contribution is 0.205. The van der Waals surface area contributed by atoms with Crippen molar-refractivity contribution in [2.75, 3.05) is 0 Å². The van der Waals surface area contributed by atoms with Crippen LogP contribution in [0.2, 0.25) is 0 Å². The Morgan fingerprint density at radius 1 is 1.10 bits per heavy atom. The molecule has 0 fully saturated rings. The predicted molar refractivity (Wildman–Crippen MR) is 31.8 cm³/mol. The first kappa shape index (κ1) is 5.22. The Morgan fingerprint density at radius 3 is 1.90 bits per heavy atom. The molecule has 4 heteroatoms. The average molecular weight is 137 g/mol. The van der Waals surface area contributed by atoms with E-state index in [1.165, 1.54) is 0 Å². The molecule has 0 bridgehead atoms. The van der Waals surface area contributed by atoms with Gasteiger partial charge in [0, 0.05) is 0 Å². The van der Waals surface area contributed by atoms with Gasteiger partial charge in [-0.05, 0) is 12.1 Å². The van der Waals surface area contributed by atoms with Crippen molar-refractivity contribution in [2.24, 2.45) is 0 Å². The van der Waals surface area contributed by atoms with E-state index in [4.69, 9.17) is 5.21 Å². The van der Waals surface area contributed by atoms with Crippen molar-refractivity contribution in [1.29, 1.82) is 0 Å². The van der Waals surface area contributed by atoms with Gasteiger partial charge in [0.15, 0.2) is 10.7 Å². The summed E-state index contributed by atoms with van der Waals surface area (Å²) in [7, 11) is 0. The number of hydrogen-bond acceptors (Lipinski definition) is 3. The number of aromatic nitrogens is 1. The molecule has 1 aliphatic carbocycles. The first-order chi connectivity index (χ1) is 4.72. The van der Waals surface area contributed by atoms with E-state index in [0.29, 0.717) is 4.73 Å². The summed E-state index contributed by atoms with van der Waals surface area (Å²) in [6.45, 7) is 0. The molecule has 0 aromatic rings. The molecule has 0 aromatic heterocycles. The normalized spacial score (nSPS) is 11.2. The largest absolute Gasteiger partial charge is 0.427 e. The quantitative estimate of drug-likeness (QED) is 0.476. The molecular formula is C6H3NO3. The summed E-state index contributed by atoms with van der Waals surface area (Å²) in [5, 5.41) is 8.98. The Labute approximate surface area is 54.2 Å². The Kier molecular flexibility index (Phi) is 0.672. The van der Waals surface area contributed by atoms with Gasteiger partial charge in [-0.2, -0.15) is 4.73 Å². The smallest absolute Gasteiger partial charge is 0.208 e. The van der Waals surface area contributed by atoms with Crippen LogP contribution >= 0.6 is 0 Å². The summed E-state index contributed by atoms with van der Waals surface area (Å²) >= 11 is 0. The first-order valence-corrected chi connectivity index (χ1v) is 2.72. The molecule has 0 saturated heterocycles. The van der Waals surface area contributed by atoms with Crippen LogP contribution in [0, 0.1) is 10.7 Å². The molecule has 0 amide bonds. The summed E-state index contributed by atoms with van der Waals surface area (Å²) < 4.78 is 0.616. The molecule has 0 atom stereocenters. The van der Waals surface area contributed by atoms with Crippen LogP contribution in [0.25, 0.3) is 0 Å². The minimum absolute atomic E-state index is 0.118. The molecule has 1 aliphatic heterocycles. The van der Waals surface area contributed by atoms with Gasteiger partial charge in [0.1, 0.15) is 0 Å². The van der Waals surface area contributed by atoms with Crippen molar-refractivity contribution in [2.45, 2.75) is 0 Å². The van der Waals surface area contributed by atoms with Crippen LogP contribution in [0.3, 0.4) is 0 Å². The van der Waals surface area contributed by atoms with E-state index >= 15 is 0 Å². The van der Waals surface area contributed by atoms with Gasteiger partial charge in [0.25, 0.3) is 0 Å². The molecule has 2 aliphatic rings. The van der Waals surface area contributed by atoms with Gasteiger partial charge in [0.2, 0.25) is 10.9 Å². The fourth-order valence-electron chi connectivity index (χ4n) is 0.908. The van der Waals surface area contributed by atoms with Gasteiger partial charge in [-0.25, -0.2) is 0 Å². The van der Waals surface area contributed by atoms with Crippen molar-refractivity contribution in [3.05, 3.63) is 43.3 Å². The van der Waals surface area contributed by atoms with E-state index in [1.807, 2.05) is 0 Å². The average Bonchev–Trinajstić information content (AvgIpc) is 2.55. The van der Waals surface area contributed by atoms with Crippen LogP contribution in [-0.4, -0.2) is 9.94 Å². The highest BCUT2D eigenvalue weighted by atomic mass is 16.5. The van der Waals surface area contributed by atoms with E-state index in [9.17, 15) is 9.59 Å². The standard InChI is InChI=1S/C6H3NO3/c8-3-1-2-4(9)6-5(3)7(6)10/h1-2,10H. The molecule has 0 unspecified atom stereocenters. The molecule has 0 spiro atoms. The maximum atomic E-state index is 10.7. The minimum atomic E-state index is -0.308. The first-order valence-electron chi connectivity index (χ1n) is 2.72. The third-order valence-electron chi connectivity index (χ3n) is 1.45. The fourth-order valence-corrected chi connectivity index (χ4v) is 0.908. The van der Waals surface area contributed by atoms with Crippen molar-refractivity contribution in [3.8, 4) is 0 Å². The second-order valence-corrected chi connectivity index (χ2v) is 2.07. The Hall–Kier alpha value is -1.58. The summed E-state index contributed by atoms with van der Waals surface area (Å²) in [6.07, 6.45) is 0. The molecule has 2 rings (SSSR count). The third kappa shape index (κ3) is 0.411. The summed E-state index contributed by atoms with van der Waals surface area (Å²) in [5.41, 5.74) is -0.616. The number of nitrogens with zero attached hydrogens (tertiary/aromatic N) is 1. The zero-order valence-corrected chi connectivity index (χ0v) is 4.87. The Balaban J connectivity index is 3.20. The van der Waals surface area contributed by atoms with Gasteiger partial charge in [-0.3, -0.25) is 9.59 Å². The van der Waals surface area contributed by atoms with Crippen molar-refractivity contribution in [3.63, 3.8) is 0 Å². The van der Waals surface area contributed by atoms with Gasteiger partial charge in [0.05, 0.1) is 0 Å². The lowest BCUT2D eigenvalue weighted by Gasteiger charge is -1.66. The van der Waals surface area contributed by atoms with Crippen LogP contribution in [-0.2, 0) is 0 Å². The van der Waals surface area contributed by atoms with E-state index in [-0.39, 0.29) is 21.6 Å². The molecule has 50 valence electrons. The monoisotopic (exact) mass is 137 g/mol. The molecular weight excluding hydrogens is 134 g/mol. The second-order valence-electron chi connectivity index (χ2n) is 2.07. The summed E-state index contributed by atoms with van der Waals surface area (Å²) in [6, 6.07) is 2.30. The Morgan fingerprint density at radius 2 is 1.50 bits per heavy atom. The SMILES string of the molecule is O=c1ccc(=O)c2n(O)c1=2. The molecule has 1 N–H and O–H groups in total. The summed E-state index contributed by atoms with van der Waals surface area (Å²) in [5.74, 6) is 0. The topological polar surface area (TPSA) is 59.3 Å². The highest BCUT2D eigenvalue weighted by Crippen LogP contribution is 1.92. The van der Waals surface area contributed by atoms with Gasteiger partial charge in [-0.15, -0.1) is 0 Å². The van der Waals surface area contributed by atoms with Crippen LogP contribution in [0.5, 0.6) is 0 Å². The van der Waals surface area contributed by atoms with Crippen LogP contribution in [0.1, 0.15) is 0 Å². The van der Waals surface area contributed by atoms with E-state index in [2.05, 4.69) is 0 Å². The number of hydrogen-bond donors (Lipinski definition) is 1. The van der Waals surface area contributed by atoms with Gasteiger partial charge < -0.3 is 5.21 Å². The van der Waals surface area contributed by atoms with E-state index < -0.39 is 0 Å². The zero-order chi connectivity index (χ0) is 7.30. The molecule has 0 aromatic carbocycles. The zero-order valence-electron chi connectivity index (χ0n) is 4.87. The maximum Gasteiger partial charge on any atom is 0.208 e. The van der Waals surface area contributed by atoms with Gasteiger partial charge >= 0.3 is 0 Å². The van der Waals surface area contributed by atoms with Gasteiger partial charge in [-0.1, -0.05) is 0 Å². The highest BCUT2D eigenvalue weighted by Gasteiger charge is 2.13. The number of rotatable bonds is 0. The van der Waals surface area contributed by atoms with Crippen LogP contribution < -0.4 is 10.9 Å². The van der Waals surface area contributed by atoms with Crippen molar-refractivity contribution in [1.82, 2.24) is 4.73 Å². The highest BCUT2D eigenvalue weighted by molar-refractivity contribution is 5.11. The predicted octanol–water partition coefficient (Wildman–Crippen LogP) is -0.954. The van der Waals surface area contributed by atoms with E-state index in [1.54, 1.807) is 0 Å². The molecule has 10 heavy (non-hydrogen) atoms. The molecule has 0 saturated carbocycles. The van der Waals surface area contributed by atoms with Crippen molar-refractivity contribution < 1.29 is 5.21 Å².